The number of hydrogen-bond donors (Lipinski definition) is 0. The van der Waals surface area contributed by atoms with Crippen LogP contribution in [0.4, 0.5) is 0 Å². The lowest BCUT2D eigenvalue weighted by atomic mass is 9.66. The minimum absolute atomic E-state index is 0.0208. The Labute approximate surface area is 197 Å². The van der Waals surface area contributed by atoms with Gasteiger partial charge in [-0.25, -0.2) is 0 Å². The van der Waals surface area contributed by atoms with Crippen molar-refractivity contribution in [3.05, 3.63) is 112 Å². The van der Waals surface area contributed by atoms with E-state index in [1.165, 1.54) is 60.9 Å². The molecule has 0 bridgehead atoms. The number of fused-ring (bicyclic) bond motifs is 3. The second kappa shape index (κ2) is 7.23. The van der Waals surface area contributed by atoms with Gasteiger partial charge in [0.15, 0.2) is 0 Å². The lowest BCUT2D eigenvalue weighted by Crippen LogP contribution is -2.24. The summed E-state index contributed by atoms with van der Waals surface area (Å²) < 4.78 is 0. The summed E-state index contributed by atoms with van der Waals surface area (Å²) in [6, 6.07) is 18.2. The van der Waals surface area contributed by atoms with Crippen LogP contribution in [0, 0.1) is 24.7 Å². The molecule has 0 fully saturated rings. The second-order valence-corrected chi connectivity index (χ2v) is 9.98. The van der Waals surface area contributed by atoms with Gasteiger partial charge >= 0.3 is 0 Å². The Morgan fingerprint density at radius 2 is 1.73 bits per heavy atom. The molecule has 0 aromatic heterocycles. The first-order valence-electron chi connectivity index (χ1n) is 11.9. The molecule has 0 nitrogen and oxygen atoms in total. The molecule has 6 rings (SSSR count). The van der Waals surface area contributed by atoms with Gasteiger partial charge in [-0.1, -0.05) is 98.5 Å². The smallest absolute Gasteiger partial charge is 0.0710 e. The average Bonchev–Trinajstić information content (AvgIpc) is 2.79. The summed E-state index contributed by atoms with van der Waals surface area (Å²) in [5.41, 5.74) is 12.2. The minimum atomic E-state index is -0.0208. The Morgan fingerprint density at radius 1 is 0.909 bits per heavy atom. The van der Waals surface area contributed by atoms with Gasteiger partial charge in [-0.2, -0.15) is 0 Å². The van der Waals surface area contributed by atoms with Gasteiger partial charge in [-0.05, 0) is 80.8 Å². The Morgan fingerprint density at radius 3 is 2.61 bits per heavy atom. The molecule has 0 spiro atoms. The van der Waals surface area contributed by atoms with E-state index in [1.807, 2.05) is 0 Å². The number of benzene rings is 3. The second-order valence-electron chi connectivity index (χ2n) is 9.98. The van der Waals surface area contributed by atoms with Crippen molar-refractivity contribution in [2.75, 3.05) is 0 Å². The van der Waals surface area contributed by atoms with Crippen molar-refractivity contribution in [1.82, 2.24) is 0 Å². The van der Waals surface area contributed by atoms with Crippen LogP contribution in [0.5, 0.6) is 0 Å². The highest BCUT2D eigenvalue weighted by Crippen LogP contribution is 2.51. The van der Waals surface area contributed by atoms with Crippen molar-refractivity contribution < 1.29 is 0 Å². The van der Waals surface area contributed by atoms with Gasteiger partial charge in [-0.15, -0.1) is 0 Å². The van der Waals surface area contributed by atoms with E-state index in [0.717, 1.165) is 6.42 Å². The monoisotopic (exact) mass is 424 g/mol. The zero-order valence-corrected chi connectivity index (χ0v) is 19.8. The molecule has 1 unspecified atom stereocenters. The quantitative estimate of drug-likeness (QED) is 0.345. The van der Waals surface area contributed by atoms with Crippen molar-refractivity contribution in [2.24, 2.45) is 5.92 Å². The molecule has 33 heavy (non-hydrogen) atoms. The maximum Gasteiger partial charge on any atom is 0.0710 e. The van der Waals surface area contributed by atoms with Crippen LogP contribution in [0.2, 0.25) is 0 Å². The molecule has 3 aliphatic carbocycles. The van der Waals surface area contributed by atoms with Gasteiger partial charge in [0.2, 0.25) is 0 Å². The molecule has 1 atom stereocenters. The molecule has 0 aliphatic heterocycles. The van der Waals surface area contributed by atoms with E-state index < -0.39 is 0 Å². The van der Waals surface area contributed by atoms with E-state index in [2.05, 4.69) is 118 Å². The Balaban J connectivity index is 1.71. The maximum absolute atomic E-state index is 3.59. The minimum Gasteiger partial charge on any atom is -0.0981 e. The predicted octanol–water partition coefficient (Wildman–Crippen LogP) is 8.30. The highest BCUT2D eigenvalue weighted by Gasteiger charge is 2.35. The first-order valence-corrected chi connectivity index (χ1v) is 11.9. The molecule has 0 N–H and O–H groups in total. The largest absolute Gasteiger partial charge is 0.0981 e. The van der Waals surface area contributed by atoms with Gasteiger partial charge in [-0.3, -0.25) is 0 Å². The standard InChI is InChI=1S/C33H28/c1-21-18-19-23-12-7-5-6-8-14-25(23)30(21)27-20-24-13-11-17-29-32(24)31(22(27)2)26-15-9-10-16-28(26)33(29,3)4/h5,7,9-13,15-20,25H,6H2,1-4H3/b7-5-,23-12-. The third-order valence-corrected chi connectivity index (χ3v) is 7.72. The lowest BCUT2D eigenvalue weighted by Gasteiger charge is -2.37. The molecule has 0 saturated carbocycles. The molecular formula is C33H28. The van der Waals surface area contributed by atoms with E-state index in [0.29, 0.717) is 0 Å². The van der Waals surface area contributed by atoms with Crippen LogP contribution >= 0.6 is 0 Å². The predicted molar refractivity (Wildman–Crippen MR) is 141 cm³/mol. The van der Waals surface area contributed by atoms with Gasteiger partial charge < -0.3 is 0 Å². The third-order valence-electron chi connectivity index (χ3n) is 7.72. The lowest BCUT2D eigenvalue weighted by molar-refractivity contribution is 0.645. The topological polar surface area (TPSA) is 0 Å². The zero-order valence-electron chi connectivity index (χ0n) is 19.8. The highest BCUT2D eigenvalue weighted by atomic mass is 14.4. The van der Waals surface area contributed by atoms with E-state index in [-0.39, 0.29) is 11.3 Å². The van der Waals surface area contributed by atoms with Crippen molar-refractivity contribution in [3.8, 4) is 23.0 Å². The first kappa shape index (κ1) is 20.1. The fraction of sp³-hybridized carbons (Fsp3) is 0.212. The Hall–Kier alpha value is -3.56. The van der Waals surface area contributed by atoms with E-state index >= 15 is 0 Å². The summed E-state index contributed by atoms with van der Waals surface area (Å²) in [7, 11) is 0. The summed E-state index contributed by atoms with van der Waals surface area (Å²) >= 11 is 0. The molecule has 0 heterocycles. The zero-order chi connectivity index (χ0) is 22.7. The van der Waals surface area contributed by atoms with Crippen molar-refractivity contribution in [1.29, 1.82) is 0 Å². The molecule has 0 saturated heterocycles. The van der Waals surface area contributed by atoms with E-state index in [9.17, 15) is 0 Å². The summed E-state index contributed by atoms with van der Waals surface area (Å²) in [5.74, 6) is 7.10. The van der Waals surface area contributed by atoms with Crippen LogP contribution in [0.1, 0.15) is 49.4 Å². The van der Waals surface area contributed by atoms with Crippen molar-refractivity contribution in [2.45, 2.75) is 39.5 Å². The highest BCUT2D eigenvalue weighted by molar-refractivity contribution is 6.07. The van der Waals surface area contributed by atoms with E-state index in [4.69, 9.17) is 0 Å². The fourth-order valence-corrected chi connectivity index (χ4v) is 6.03. The first-order chi connectivity index (χ1) is 16.0. The molecule has 3 aromatic carbocycles. The summed E-state index contributed by atoms with van der Waals surface area (Å²) in [6.07, 6.45) is 11.8. The van der Waals surface area contributed by atoms with Gasteiger partial charge in [0.05, 0.1) is 5.92 Å². The van der Waals surface area contributed by atoms with Crippen LogP contribution in [-0.2, 0) is 5.41 Å². The molecule has 3 aliphatic rings. The molecule has 160 valence electrons. The van der Waals surface area contributed by atoms with Gasteiger partial charge in [0, 0.05) is 11.8 Å². The molecule has 0 amide bonds. The Bertz CT molecular complexity index is 1520. The fourth-order valence-electron chi connectivity index (χ4n) is 6.03. The summed E-state index contributed by atoms with van der Waals surface area (Å²) in [4.78, 5) is 0. The Kier molecular flexibility index (Phi) is 4.40. The maximum atomic E-state index is 3.59. The van der Waals surface area contributed by atoms with E-state index in [1.54, 1.807) is 0 Å². The molecule has 0 heteroatoms. The van der Waals surface area contributed by atoms with Crippen LogP contribution in [-0.4, -0.2) is 0 Å². The van der Waals surface area contributed by atoms with Crippen molar-refractivity contribution >= 4 is 16.3 Å². The molecule has 0 radical (unpaired) electrons. The van der Waals surface area contributed by atoms with Gasteiger partial charge in [0.1, 0.15) is 0 Å². The summed E-state index contributed by atoms with van der Waals surface area (Å²) in [5, 5.41) is 2.74. The summed E-state index contributed by atoms with van der Waals surface area (Å²) in [6.45, 7) is 9.27. The third kappa shape index (κ3) is 2.86. The molecule has 3 aromatic rings. The van der Waals surface area contributed by atoms with Crippen LogP contribution in [0.15, 0.2) is 90.1 Å². The SMILES string of the molecule is CC1=C(c2cc3cccc4c3c(c2C)-c2ccccc2C4(C)C)C2C#CC/C=C\C=C/2C=C1. The van der Waals surface area contributed by atoms with Gasteiger partial charge in [0.25, 0.3) is 0 Å². The average molecular weight is 425 g/mol. The van der Waals surface area contributed by atoms with Crippen LogP contribution in [0.25, 0.3) is 27.5 Å². The number of allylic oxidation sites excluding steroid dienone is 8. The molecular weight excluding hydrogens is 396 g/mol. The van der Waals surface area contributed by atoms with Crippen LogP contribution in [0.3, 0.4) is 0 Å². The van der Waals surface area contributed by atoms with Crippen LogP contribution < -0.4 is 0 Å². The number of rotatable bonds is 1. The normalized spacial score (nSPS) is 22.3. The number of hydrogen-bond acceptors (Lipinski definition) is 0. The van der Waals surface area contributed by atoms with Crippen molar-refractivity contribution in [3.63, 3.8) is 0 Å².